The van der Waals surface area contributed by atoms with Gasteiger partial charge in [-0.05, 0) is 35.0 Å². The molecule has 0 aliphatic heterocycles. The van der Waals surface area contributed by atoms with Crippen LogP contribution in [0.4, 0.5) is 0 Å². The van der Waals surface area contributed by atoms with Gasteiger partial charge in [0.15, 0.2) is 5.96 Å². The van der Waals surface area contributed by atoms with Gasteiger partial charge in [-0.1, -0.05) is 6.07 Å². The summed E-state index contributed by atoms with van der Waals surface area (Å²) in [5, 5.41) is 3.37. The summed E-state index contributed by atoms with van der Waals surface area (Å²) in [6.45, 7) is 3.92. The van der Waals surface area contributed by atoms with Crippen LogP contribution in [-0.2, 0) is 20.1 Å². The normalized spacial score (nSPS) is 11.5. The van der Waals surface area contributed by atoms with E-state index < -0.39 is 0 Å². The van der Waals surface area contributed by atoms with E-state index in [0.29, 0.717) is 19.0 Å². The monoisotopic (exact) mass is 393 g/mol. The molecule has 0 saturated heterocycles. The lowest BCUT2D eigenvalue weighted by Gasteiger charge is -2.22. The standard InChI is InChI=1S/C17H24BrN5O/c1-5-24-16-13(7-6-8-20-16)10-21-17(19-2)23(4)12-15-9-14(18)11-22(15)3/h6-9,11H,5,10,12H2,1-4H3,(H,19,21). The van der Waals surface area contributed by atoms with Crippen LogP contribution in [-0.4, -0.2) is 41.1 Å². The van der Waals surface area contributed by atoms with Crippen molar-refractivity contribution in [3.63, 3.8) is 0 Å². The molecular weight excluding hydrogens is 370 g/mol. The molecule has 7 heteroatoms. The van der Waals surface area contributed by atoms with Crippen molar-refractivity contribution in [2.75, 3.05) is 20.7 Å². The summed E-state index contributed by atoms with van der Waals surface area (Å²) in [5.41, 5.74) is 2.21. The maximum Gasteiger partial charge on any atom is 0.218 e. The van der Waals surface area contributed by atoms with E-state index >= 15 is 0 Å². The second kappa shape index (κ2) is 8.73. The summed E-state index contributed by atoms with van der Waals surface area (Å²) < 4.78 is 8.74. The lowest BCUT2D eigenvalue weighted by molar-refractivity contribution is 0.322. The van der Waals surface area contributed by atoms with E-state index in [2.05, 4.69) is 46.8 Å². The highest BCUT2D eigenvalue weighted by atomic mass is 79.9. The van der Waals surface area contributed by atoms with E-state index in [-0.39, 0.29) is 0 Å². The Bertz CT molecular complexity index is 698. The number of aryl methyl sites for hydroxylation is 1. The summed E-state index contributed by atoms with van der Waals surface area (Å²) in [6.07, 6.45) is 3.78. The molecule has 0 aliphatic rings. The Hall–Kier alpha value is -2.02. The highest BCUT2D eigenvalue weighted by molar-refractivity contribution is 9.10. The Kier molecular flexibility index (Phi) is 6.66. The SMILES string of the molecule is CCOc1ncccc1CNC(=NC)N(C)Cc1cc(Br)cn1C. The van der Waals surface area contributed by atoms with Crippen molar-refractivity contribution in [3.05, 3.63) is 46.3 Å². The molecule has 0 aromatic carbocycles. The number of hydrogen-bond donors (Lipinski definition) is 1. The number of pyridine rings is 1. The zero-order valence-electron chi connectivity index (χ0n) is 14.6. The van der Waals surface area contributed by atoms with Gasteiger partial charge < -0.3 is 19.5 Å². The van der Waals surface area contributed by atoms with Crippen LogP contribution in [0.3, 0.4) is 0 Å². The minimum atomic E-state index is 0.598. The van der Waals surface area contributed by atoms with Crippen LogP contribution in [0.25, 0.3) is 0 Å². The fourth-order valence-electron chi connectivity index (χ4n) is 2.43. The van der Waals surface area contributed by atoms with Gasteiger partial charge in [0.25, 0.3) is 0 Å². The van der Waals surface area contributed by atoms with Crippen LogP contribution in [0.15, 0.2) is 40.1 Å². The molecule has 0 radical (unpaired) electrons. The molecule has 2 rings (SSSR count). The minimum absolute atomic E-state index is 0.598. The fraction of sp³-hybridized carbons (Fsp3) is 0.412. The molecule has 0 amide bonds. The van der Waals surface area contributed by atoms with Gasteiger partial charge >= 0.3 is 0 Å². The van der Waals surface area contributed by atoms with Gasteiger partial charge in [-0.3, -0.25) is 4.99 Å². The van der Waals surface area contributed by atoms with Crippen molar-refractivity contribution >= 4 is 21.9 Å². The summed E-state index contributed by atoms with van der Waals surface area (Å²) in [7, 11) is 5.84. The first-order chi connectivity index (χ1) is 11.5. The molecule has 6 nitrogen and oxygen atoms in total. The molecule has 0 fully saturated rings. The summed E-state index contributed by atoms with van der Waals surface area (Å²) in [5.74, 6) is 1.48. The van der Waals surface area contributed by atoms with Crippen LogP contribution in [0.2, 0.25) is 0 Å². The van der Waals surface area contributed by atoms with Gasteiger partial charge in [0, 0.05) is 55.8 Å². The van der Waals surface area contributed by atoms with E-state index in [1.807, 2.05) is 39.3 Å². The van der Waals surface area contributed by atoms with E-state index in [1.165, 1.54) is 5.69 Å². The topological polar surface area (TPSA) is 54.7 Å². The highest BCUT2D eigenvalue weighted by Crippen LogP contribution is 2.16. The number of nitrogens with one attached hydrogen (secondary N) is 1. The molecular formula is C17H24BrN5O. The van der Waals surface area contributed by atoms with E-state index in [4.69, 9.17) is 4.74 Å². The molecule has 2 heterocycles. The number of nitrogens with zero attached hydrogens (tertiary/aromatic N) is 4. The molecule has 130 valence electrons. The maximum atomic E-state index is 5.56. The average Bonchev–Trinajstić information content (AvgIpc) is 2.87. The highest BCUT2D eigenvalue weighted by Gasteiger charge is 2.11. The second-order valence-corrected chi connectivity index (χ2v) is 6.33. The number of guanidine groups is 1. The molecule has 0 spiro atoms. The first-order valence-corrected chi connectivity index (χ1v) is 8.63. The molecule has 0 atom stereocenters. The predicted octanol–water partition coefficient (Wildman–Crippen LogP) is 2.79. The third kappa shape index (κ3) is 4.74. The lowest BCUT2D eigenvalue weighted by atomic mass is 10.2. The molecule has 1 N–H and O–H groups in total. The number of aliphatic imine (C=N–C) groups is 1. The molecule has 0 unspecified atom stereocenters. The number of ether oxygens (including phenoxy) is 1. The predicted molar refractivity (Wildman–Crippen MR) is 100 cm³/mol. The largest absolute Gasteiger partial charge is 0.478 e. The Labute approximate surface area is 151 Å². The first kappa shape index (κ1) is 18.3. The van der Waals surface area contributed by atoms with Gasteiger partial charge in [-0.15, -0.1) is 0 Å². The number of rotatable bonds is 6. The number of hydrogen-bond acceptors (Lipinski definition) is 3. The number of halogens is 1. The number of aromatic nitrogens is 2. The zero-order chi connectivity index (χ0) is 17.5. The van der Waals surface area contributed by atoms with Gasteiger partial charge in [0.05, 0.1) is 13.2 Å². The van der Waals surface area contributed by atoms with Crippen molar-refractivity contribution in [1.29, 1.82) is 0 Å². The third-order valence-electron chi connectivity index (χ3n) is 3.62. The quantitative estimate of drug-likeness (QED) is 0.605. The Balaban J connectivity index is 2.01. The van der Waals surface area contributed by atoms with Crippen LogP contribution < -0.4 is 10.1 Å². The van der Waals surface area contributed by atoms with Gasteiger partial charge in [-0.2, -0.15) is 0 Å². The van der Waals surface area contributed by atoms with Crippen molar-refractivity contribution in [2.45, 2.75) is 20.0 Å². The summed E-state index contributed by atoms with van der Waals surface area (Å²) in [4.78, 5) is 10.7. The zero-order valence-corrected chi connectivity index (χ0v) is 16.2. The smallest absolute Gasteiger partial charge is 0.218 e. The molecule has 0 saturated carbocycles. The molecule has 0 bridgehead atoms. The van der Waals surface area contributed by atoms with Crippen molar-refractivity contribution in [1.82, 2.24) is 19.8 Å². The van der Waals surface area contributed by atoms with Gasteiger partial charge in [-0.25, -0.2) is 4.98 Å². The van der Waals surface area contributed by atoms with E-state index in [0.717, 1.165) is 22.5 Å². The van der Waals surface area contributed by atoms with Crippen LogP contribution in [0.5, 0.6) is 5.88 Å². The van der Waals surface area contributed by atoms with Gasteiger partial charge in [0.2, 0.25) is 5.88 Å². The Morgan fingerprint density at radius 2 is 2.29 bits per heavy atom. The molecule has 2 aromatic rings. The van der Waals surface area contributed by atoms with Crippen molar-refractivity contribution < 1.29 is 4.74 Å². The van der Waals surface area contributed by atoms with Crippen LogP contribution in [0.1, 0.15) is 18.2 Å². The lowest BCUT2D eigenvalue weighted by Crippen LogP contribution is -2.38. The molecule has 0 aliphatic carbocycles. The molecule has 2 aromatic heterocycles. The minimum Gasteiger partial charge on any atom is -0.478 e. The van der Waals surface area contributed by atoms with E-state index in [9.17, 15) is 0 Å². The van der Waals surface area contributed by atoms with Crippen LogP contribution >= 0.6 is 15.9 Å². The molecule has 24 heavy (non-hydrogen) atoms. The average molecular weight is 394 g/mol. The summed E-state index contributed by atoms with van der Waals surface area (Å²) >= 11 is 3.50. The van der Waals surface area contributed by atoms with Crippen LogP contribution in [0, 0.1) is 0 Å². The maximum absolute atomic E-state index is 5.56. The fourth-order valence-corrected chi connectivity index (χ4v) is 3.00. The van der Waals surface area contributed by atoms with Crippen molar-refractivity contribution in [2.24, 2.45) is 12.0 Å². The second-order valence-electron chi connectivity index (χ2n) is 5.42. The van der Waals surface area contributed by atoms with E-state index in [1.54, 1.807) is 13.2 Å². The van der Waals surface area contributed by atoms with Gasteiger partial charge in [0.1, 0.15) is 0 Å². The third-order valence-corrected chi connectivity index (χ3v) is 4.05. The first-order valence-electron chi connectivity index (χ1n) is 7.84. The Morgan fingerprint density at radius 1 is 1.50 bits per heavy atom. The summed E-state index contributed by atoms with van der Waals surface area (Å²) in [6, 6.07) is 6.03. The Morgan fingerprint density at radius 3 is 2.92 bits per heavy atom. The van der Waals surface area contributed by atoms with Crippen molar-refractivity contribution in [3.8, 4) is 5.88 Å².